The van der Waals surface area contributed by atoms with Crippen molar-refractivity contribution in [2.45, 2.75) is 32.7 Å². The number of hydrogen-bond donors (Lipinski definition) is 1. The lowest BCUT2D eigenvalue weighted by molar-refractivity contribution is 0.111. The fourth-order valence-corrected chi connectivity index (χ4v) is 2.09. The highest BCUT2D eigenvalue weighted by Gasteiger charge is 2.16. The molecule has 102 valence electrons. The van der Waals surface area contributed by atoms with Gasteiger partial charge in [-0.05, 0) is 41.4 Å². The molecule has 18 heavy (non-hydrogen) atoms. The molecule has 0 aliphatic carbocycles. The summed E-state index contributed by atoms with van der Waals surface area (Å²) in [7, 11) is 0. The van der Waals surface area contributed by atoms with Crippen molar-refractivity contribution < 1.29 is 9.13 Å². The molecule has 0 fully saturated rings. The van der Waals surface area contributed by atoms with Gasteiger partial charge in [-0.25, -0.2) is 4.39 Å². The van der Waals surface area contributed by atoms with E-state index in [1.807, 2.05) is 12.1 Å². The second-order valence-corrected chi connectivity index (χ2v) is 5.08. The Kier molecular flexibility index (Phi) is 7.47. The molecular formula is C14H21BrFNO. The summed E-state index contributed by atoms with van der Waals surface area (Å²) in [4.78, 5) is 0. The fraction of sp³-hybridized carbons (Fsp3) is 0.571. The molecule has 1 N–H and O–H groups in total. The molecule has 4 heteroatoms. The molecule has 0 aliphatic heterocycles. The fourth-order valence-electron chi connectivity index (χ4n) is 1.71. The van der Waals surface area contributed by atoms with Crippen molar-refractivity contribution in [3.05, 3.63) is 34.1 Å². The maximum Gasteiger partial charge on any atom is 0.142 e. The van der Waals surface area contributed by atoms with Crippen LogP contribution in [0, 0.1) is 5.82 Å². The Hall–Kier alpha value is -0.450. The minimum atomic E-state index is -0.203. The summed E-state index contributed by atoms with van der Waals surface area (Å²) in [6, 6.07) is 5.28. The highest BCUT2D eigenvalue weighted by Crippen LogP contribution is 2.24. The lowest BCUT2D eigenvalue weighted by Crippen LogP contribution is -2.27. The first-order valence-electron chi connectivity index (χ1n) is 6.45. The molecule has 0 spiro atoms. The summed E-state index contributed by atoms with van der Waals surface area (Å²) in [5.74, 6) is -0.203. The highest BCUT2D eigenvalue weighted by molar-refractivity contribution is 9.10. The van der Waals surface area contributed by atoms with E-state index >= 15 is 0 Å². The molecule has 0 radical (unpaired) electrons. The summed E-state index contributed by atoms with van der Waals surface area (Å²) >= 11 is 3.22. The zero-order chi connectivity index (χ0) is 13.4. The van der Waals surface area contributed by atoms with Crippen LogP contribution in [0.1, 0.15) is 38.3 Å². The Morgan fingerprint density at radius 3 is 2.78 bits per heavy atom. The predicted octanol–water partition coefficient (Wildman–Crippen LogP) is 4.06. The smallest absolute Gasteiger partial charge is 0.142 e. The van der Waals surface area contributed by atoms with Crippen LogP contribution in [0.2, 0.25) is 0 Å². The van der Waals surface area contributed by atoms with Crippen molar-refractivity contribution in [1.29, 1.82) is 0 Å². The van der Waals surface area contributed by atoms with Gasteiger partial charge in [-0.1, -0.05) is 26.0 Å². The molecule has 0 heterocycles. The summed E-state index contributed by atoms with van der Waals surface area (Å²) in [6.07, 6.45) is 1.99. The van der Waals surface area contributed by atoms with Gasteiger partial charge < -0.3 is 10.1 Å². The van der Waals surface area contributed by atoms with Gasteiger partial charge in [0, 0.05) is 12.2 Å². The van der Waals surface area contributed by atoms with Gasteiger partial charge in [0.1, 0.15) is 5.82 Å². The Labute approximate surface area is 117 Å². The predicted molar refractivity (Wildman–Crippen MR) is 76.2 cm³/mol. The van der Waals surface area contributed by atoms with Gasteiger partial charge in [0.2, 0.25) is 0 Å². The number of nitrogens with one attached hydrogen (secondary N) is 1. The Balaban J connectivity index is 2.76. The van der Waals surface area contributed by atoms with E-state index in [-0.39, 0.29) is 11.9 Å². The van der Waals surface area contributed by atoms with Crippen LogP contribution >= 0.6 is 15.9 Å². The van der Waals surface area contributed by atoms with Gasteiger partial charge >= 0.3 is 0 Å². The molecule has 0 saturated heterocycles. The van der Waals surface area contributed by atoms with Gasteiger partial charge in [0.25, 0.3) is 0 Å². The quantitative estimate of drug-likeness (QED) is 0.730. The van der Waals surface area contributed by atoms with Gasteiger partial charge in [-0.2, -0.15) is 0 Å². The van der Waals surface area contributed by atoms with Crippen LogP contribution in [0.3, 0.4) is 0 Å². The average molecular weight is 318 g/mol. The topological polar surface area (TPSA) is 21.3 Å². The van der Waals surface area contributed by atoms with E-state index in [0.29, 0.717) is 23.2 Å². The number of halogens is 2. The van der Waals surface area contributed by atoms with Crippen LogP contribution in [-0.4, -0.2) is 19.8 Å². The van der Waals surface area contributed by atoms with Crippen LogP contribution in [0.5, 0.6) is 0 Å². The largest absolute Gasteiger partial charge is 0.379 e. The molecule has 0 amide bonds. The summed E-state index contributed by atoms with van der Waals surface area (Å²) in [5.41, 5.74) is 0.661. The standard InChI is InChI=1S/C14H21BrFNO/c1-3-8-17-13(10-18-9-4-2)11-6-5-7-12(15)14(11)16/h5-7,13,17H,3-4,8-10H2,1-2H3. The van der Waals surface area contributed by atoms with Crippen LogP contribution < -0.4 is 5.32 Å². The highest BCUT2D eigenvalue weighted by atomic mass is 79.9. The number of benzene rings is 1. The summed E-state index contributed by atoms with van der Waals surface area (Å²) in [5, 5.41) is 3.33. The van der Waals surface area contributed by atoms with Crippen LogP contribution in [0.15, 0.2) is 22.7 Å². The van der Waals surface area contributed by atoms with E-state index < -0.39 is 0 Å². The third-order valence-corrected chi connectivity index (χ3v) is 3.24. The lowest BCUT2D eigenvalue weighted by Gasteiger charge is -2.20. The molecule has 0 saturated carbocycles. The van der Waals surface area contributed by atoms with Crippen LogP contribution in [0.25, 0.3) is 0 Å². The van der Waals surface area contributed by atoms with Crippen molar-refractivity contribution in [2.75, 3.05) is 19.8 Å². The molecular weight excluding hydrogens is 297 g/mol. The summed E-state index contributed by atoms with van der Waals surface area (Å²) in [6.45, 7) is 6.22. The first-order valence-corrected chi connectivity index (χ1v) is 7.25. The summed E-state index contributed by atoms with van der Waals surface area (Å²) < 4.78 is 20.1. The molecule has 0 aromatic heterocycles. The minimum absolute atomic E-state index is 0.0889. The van der Waals surface area contributed by atoms with Gasteiger partial charge in [-0.3, -0.25) is 0 Å². The third kappa shape index (κ3) is 4.67. The van der Waals surface area contributed by atoms with E-state index in [9.17, 15) is 4.39 Å². The zero-order valence-electron chi connectivity index (χ0n) is 11.0. The molecule has 0 aliphatic rings. The van der Waals surface area contributed by atoms with E-state index in [1.165, 1.54) is 0 Å². The first kappa shape index (κ1) is 15.6. The van der Waals surface area contributed by atoms with E-state index in [2.05, 4.69) is 35.1 Å². The Bertz CT molecular complexity index is 360. The Morgan fingerprint density at radius 1 is 1.33 bits per heavy atom. The number of rotatable bonds is 8. The normalized spacial score (nSPS) is 12.7. The van der Waals surface area contributed by atoms with Crippen molar-refractivity contribution >= 4 is 15.9 Å². The monoisotopic (exact) mass is 317 g/mol. The SMILES string of the molecule is CCCNC(COCCC)c1cccc(Br)c1F. The van der Waals surface area contributed by atoms with Crippen LogP contribution in [-0.2, 0) is 4.74 Å². The second kappa shape index (κ2) is 8.62. The maximum absolute atomic E-state index is 14.0. The van der Waals surface area contributed by atoms with Crippen molar-refractivity contribution in [2.24, 2.45) is 0 Å². The maximum atomic E-state index is 14.0. The minimum Gasteiger partial charge on any atom is -0.379 e. The second-order valence-electron chi connectivity index (χ2n) is 4.22. The molecule has 1 rings (SSSR count). The van der Waals surface area contributed by atoms with Crippen molar-refractivity contribution in [3.8, 4) is 0 Å². The molecule has 2 nitrogen and oxygen atoms in total. The molecule has 1 atom stereocenters. The van der Waals surface area contributed by atoms with E-state index in [4.69, 9.17) is 4.74 Å². The van der Waals surface area contributed by atoms with E-state index in [0.717, 1.165) is 19.4 Å². The van der Waals surface area contributed by atoms with Crippen molar-refractivity contribution in [1.82, 2.24) is 5.32 Å². The van der Waals surface area contributed by atoms with Gasteiger partial charge in [-0.15, -0.1) is 0 Å². The Morgan fingerprint density at radius 2 is 2.11 bits per heavy atom. The third-order valence-electron chi connectivity index (χ3n) is 2.63. The number of ether oxygens (including phenoxy) is 1. The first-order chi connectivity index (χ1) is 8.70. The molecule has 1 aromatic rings. The number of hydrogen-bond acceptors (Lipinski definition) is 2. The van der Waals surface area contributed by atoms with Crippen molar-refractivity contribution in [3.63, 3.8) is 0 Å². The van der Waals surface area contributed by atoms with E-state index in [1.54, 1.807) is 6.07 Å². The lowest BCUT2D eigenvalue weighted by atomic mass is 10.1. The van der Waals surface area contributed by atoms with Gasteiger partial charge in [0.15, 0.2) is 0 Å². The molecule has 0 bridgehead atoms. The van der Waals surface area contributed by atoms with Gasteiger partial charge in [0.05, 0.1) is 17.1 Å². The average Bonchev–Trinajstić information content (AvgIpc) is 2.37. The van der Waals surface area contributed by atoms with Crippen LogP contribution in [0.4, 0.5) is 4.39 Å². The molecule has 1 aromatic carbocycles. The molecule has 1 unspecified atom stereocenters. The zero-order valence-corrected chi connectivity index (χ0v) is 12.6.